The zero-order chi connectivity index (χ0) is 31.1. The molecule has 2 unspecified atom stereocenters. The van der Waals surface area contributed by atoms with Crippen LogP contribution in [-0.2, 0) is 30.3 Å². The lowest BCUT2D eigenvalue weighted by molar-refractivity contribution is -0.159. The maximum Gasteiger partial charge on any atom is 0.408 e. The normalized spacial score (nSPS) is 15.0. The third-order valence-corrected chi connectivity index (χ3v) is 6.71. The van der Waals surface area contributed by atoms with Crippen LogP contribution in [0.5, 0.6) is 0 Å². The van der Waals surface area contributed by atoms with E-state index >= 15 is 0 Å². The summed E-state index contributed by atoms with van der Waals surface area (Å²) in [5, 5.41) is 5.46. The van der Waals surface area contributed by atoms with Gasteiger partial charge in [-0.15, -0.1) is 0 Å². The number of amides is 3. The second kappa shape index (κ2) is 13.9. The zero-order valence-corrected chi connectivity index (χ0v) is 25.9. The summed E-state index contributed by atoms with van der Waals surface area (Å²) >= 11 is 0. The van der Waals surface area contributed by atoms with Gasteiger partial charge in [0.25, 0.3) is 0 Å². The first kappa shape index (κ1) is 32.6. The molecule has 2 N–H and O–H groups in total. The van der Waals surface area contributed by atoms with E-state index in [1.54, 1.807) is 52.5 Å². The van der Waals surface area contributed by atoms with Crippen LogP contribution in [0, 0.1) is 6.92 Å². The van der Waals surface area contributed by atoms with Gasteiger partial charge in [-0.1, -0.05) is 60.2 Å². The molecule has 0 radical (unpaired) electrons. The third-order valence-electron chi connectivity index (χ3n) is 6.71. The number of benzene rings is 2. The lowest BCUT2D eigenvalue weighted by atomic mass is 9.88. The van der Waals surface area contributed by atoms with Crippen molar-refractivity contribution in [1.82, 2.24) is 15.5 Å². The summed E-state index contributed by atoms with van der Waals surface area (Å²) in [5.74, 6) is -1.47. The van der Waals surface area contributed by atoms with Crippen LogP contribution in [0.25, 0.3) is 0 Å². The van der Waals surface area contributed by atoms with Gasteiger partial charge in [0.05, 0.1) is 0 Å². The molecule has 3 amide bonds. The summed E-state index contributed by atoms with van der Waals surface area (Å²) in [6.07, 6.45) is 1.89. The molecule has 228 valence electrons. The van der Waals surface area contributed by atoms with Crippen molar-refractivity contribution < 1.29 is 28.7 Å². The Morgan fingerprint density at radius 2 is 1.55 bits per heavy atom. The first-order chi connectivity index (χ1) is 19.6. The Morgan fingerprint density at radius 1 is 0.905 bits per heavy atom. The largest absolute Gasteiger partial charge is 0.458 e. The maximum atomic E-state index is 14.2. The molecule has 2 aromatic rings. The van der Waals surface area contributed by atoms with Gasteiger partial charge in [0, 0.05) is 12.5 Å². The van der Waals surface area contributed by atoms with Gasteiger partial charge in [-0.2, -0.15) is 0 Å². The molecule has 1 saturated carbocycles. The van der Waals surface area contributed by atoms with E-state index in [1.807, 2.05) is 55.5 Å². The van der Waals surface area contributed by atoms with Crippen molar-refractivity contribution >= 4 is 23.9 Å². The van der Waals surface area contributed by atoms with Gasteiger partial charge in [0.15, 0.2) is 0 Å². The summed E-state index contributed by atoms with van der Waals surface area (Å²) < 4.78 is 11.0. The zero-order valence-electron chi connectivity index (χ0n) is 25.9. The minimum Gasteiger partial charge on any atom is -0.458 e. The van der Waals surface area contributed by atoms with Crippen LogP contribution < -0.4 is 10.6 Å². The van der Waals surface area contributed by atoms with E-state index in [0.717, 1.165) is 30.4 Å². The number of ether oxygens (including phenoxy) is 2. The first-order valence-corrected chi connectivity index (χ1v) is 14.5. The Kier molecular flexibility index (Phi) is 10.8. The highest BCUT2D eigenvalue weighted by Crippen LogP contribution is 2.33. The van der Waals surface area contributed by atoms with Gasteiger partial charge < -0.3 is 25.0 Å². The molecule has 1 aliphatic carbocycles. The van der Waals surface area contributed by atoms with Crippen molar-refractivity contribution in [3.63, 3.8) is 0 Å². The van der Waals surface area contributed by atoms with Crippen molar-refractivity contribution in [3.8, 4) is 0 Å². The molecule has 1 aliphatic rings. The maximum absolute atomic E-state index is 14.2. The van der Waals surface area contributed by atoms with Gasteiger partial charge in [0.1, 0.15) is 29.8 Å². The van der Waals surface area contributed by atoms with Crippen LogP contribution in [-0.4, -0.2) is 58.6 Å². The Hall–Kier alpha value is -3.88. The second-order valence-electron chi connectivity index (χ2n) is 12.8. The number of rotatable bonds is 10. The van der Waals surface area contributed by atoms with Gasteiger partial charge in [-0.25, -0.2) is 9.59 Å². The predicted octanol–water partition coefficient (Wildman–Crippen LogP) is 5.01. The van der Waals surface area contributed by atoms with E-state index in [0.29, 0.717) is 5.56 Å². The van der Waals surface area contributed by atoms with E-state index in [-0.39, 0.29) is 19.0 Å². The summed E-state index contributed by atoms with van der Waals surface area (Å²) in [4.78, 5) is 55.2. The fraction of sp³-hybridized carbons (Fsp3) is 0.515. The van der Waals surface area contributed by atoms with Crippen LogP contribution in [0.2, 0.25) is 0 Å². The molecule has 9 nitrogen and oxygen atoms in total. The lowest BCUT2D eigenvalue weighted by Gasteiger charge is -2.42. The number of carbonyl (C=O) groups excluding carboxylic acids is 4. The quantitative estimate of drug-likeness (QED) is 0.383. The highest BCUT2D eigenvalue weighted by atomic mass is 16.6. The molecule has 2 aromatic carbocycles. The highest BCUT2D eigenvalue weighted by Gasteiger charge is 2.40. The Morgan fingerprint density at radius 3 is 2.10 bits per heavy atom. The van der Waals surface area contributed by atoms with Crippen molar-refractivity contribution in [2.24, 2.45) is 0 Å². The van der Waals surface area contributed by atoms with Crippen molar-refractivity contribution in [1.29, 1.82) is 0 Å². The summed E-state index contributed by atoms with van der Waals surface area (Å²) in [6, 6.07) is 14.6. The van der Waals surface area contributed by atoms with Crippen molar-refractivity contribution in [2.45, 2.75) is 103 Å². The number of nitrogens with zero attached hydrogens (tertiary/aromatic N) is 1. The van der Waals surface area contributed by atoms with Crippen molar-refractivity contribution in [3.05, 3.63) is 71.3 Å². The highest BCUT2D eigenvalue weighted by molar-refractivity contribution is 5.93. The van der Waals surface area contributed by atoms with E-state index in [4.69, 9.17) is 9.47 Å². The Balaban J connectivity index is 1.95. The molecule has 3 rings (SSSR count). The summed E-state index contributed by atoms with van der Waals surface area (Å²) in [7, 11) is 0. The molecule has 0 aliphatic heterocycles. The summed E-state index contributed by atoms with van der Waals surface area (Å²) in [6.45, 7) is 12.1. The minimum absolute atomic E-state index is 0.191. The second-order valence-corrected chi connectivity index (χ2v) is 12.8. The van der Waals surface area contributed by atoms with E-state index in [9.17, 15) is 19.2 Å². The molecular formula is C33H45N3O6. The van der Waals surface area contributed by atoms with Gasteiger partial charge in [-0.3, -0.25) is 9.59 Å². The van der Waals surface area contributed by atoms with Crippen LogP contribution in [0.15, 0.2) is 54.6 Å². The fourth-order valence-corrected chi connectivity index (χ4v) is 4.72. The number of carbonyl (C=O) groups is 4. The summed E-state index contributed by atoms with van der Waals surface area (Å²) in [5.41, 5.74) is 0.918. The van der Waals surface area contributed by atoms with Crippen molar-refractivity contribution in [2.75, 3.05) is 6.54 Å². The smallest absolute Gasteiger partial charge is 0.408 e. The SMILES string of the molecule is Cc1cccc(C(C(=O)NC(Cc2ccccc2)C(=O)OC(C)(C)C)N(C(=O)CNC(=O)OC(C)(C)C)C2CCC2)c1. The van der Waals surface area contributed by atoms with Crippen LogP contribution in [0.3, 0.4) is 0 Å². The molecular weight excluding hydrogens is 534 g/mol. The molecule has 42 heavy (non-hydrogen) atoms. The molecule has 9 heteroatoms. The number of alkyl carbamates (subject to hydrolysis) is 1. The molecule has 0 saturated heterocycles. The average molecular weight is 580 g/mol. The standard InChI is InChI=1S/C33H45N3O6/c1-22-13-11-16-24(19-22)28(36(25-17-12-18-25)27(37)21-34-31(40)42-33(5,6)7)29(38)35-26(30(39)41-32(2,3)4)20-23-14-9-8-10-15-23/h8-11,13-16,19,25-26,28H,12,17-18,20-21H2,1-7H3,(H,34,40)(H,35,38). The monoisotopic (exact) mass is 579 g/mol. The van der Waals surface area contributed by atoms with Crippen LogP contribution >= 0.6 is 0 Å². The Labute approximate surface area is 249 Å². The van der Waals surface area contributed by atoms with Crippen LogP contribution in [0.1, 0.15) is 83.5 Å². The van der Waals surface area contributed by atoms with Gasteiger partial charge in [0.2, 0.25) is 11.8 Å². The average Bonchev–Trinajstić information content (AvgIpc) is 2.84. The lowest BCUT2D eigenvalue weighted by Crippen LogP contribution is -2.56. The third kappa shape index (κ3) is 9.89. The minimum atomic E-state index is -1.02. The van der Waals surface area contributed by atoms with E-state index < -0.39 is 47.2 Å². The molecule has 0 aromatic heterocycles. The van der Waals surface area contributed by atoms with E-state index in [1.165, 1.54) is 0 Å². The molecule has 0 spiro atoms. The number of esters is 1. The van der Waals surface area contributed by atoms with Crippen LogP contribution in [0.4, 0.5) is 4.79 Å². The fourth-order valence-electron chi connectivity index (χ4n) is 4.72. The topological polar surface area (TPSA) is 114 Å². The predicted molar refractivity (Wildman–Crippen MR) is 161 cm³/mol. The number of nitrogens with one attached hydrogen (secondary N) is 2. The van der Waals surface area contributed by atoms with E-state index in [2.05, 4.69) is 10.6 Å². The molecule has 0 heterocycles. The molecule has 2 atom stereocenters. The molecule has 0 bridgehead atoms. The van der Waals surface area contributed by atoms with Gasteiger partial charge >= 0.3 is 12.1 Å². The number of hydrogen-bond donors (Lipinski definition) is 2. The number of hydrogen-bond acceptors (Lipinski definition) is 6. The number of aryl methyl sites for hydroxylation is 1. The van der Waals surface area contributed by atoms with Gasteiger partial charge in [-0.05, 0) is 78.9 Å². The Bertz CT molecular complexity index is 1240. The first-order valence-electron chi connectivity index (χ1n) is 14.5. The molecule has 1 fully saturated rings.